The molecular weight excluding hydrogens is 268 g/mol. The molecule has 5 nitrogen and oxygen atoms in total. The van der Waals surface area contributed by atoms with Crippen molar-refractivity contribution in [3.8, 4) is 0 Å². The van der Waals surface area contributed by atoms with Gasteiger partial charge in [0.25, 0.3) is 11.6 Å². The monoisotopic (exact) mass is 276 g/mol. The summed E-state index contributed by atoms with van der Waals surface area (Å²) in [6.07, 6.45) is 0. The summed E-state index contributed by atoms with van der Waals surface area (Å²) in [5, 5.41) is 13.3. The third kappa shape index (κ3) is 3.08. The Morgan fingerprint density at radius 2 is 1.84 bits per heavy atom. The lowest BCUT2D eigenvalue weighted by atomic mass is 10.2. The van der Waals surface area contributed by atoms with Gasteiger partial charge < -0.3 is 5.32 Å². The molecule has 0 spiro atoms. The molecule has 6 heteroatoms. The lowest BCUT2D eigenvalue weighted by Gasteiger charge is -2.06. The molecule has 0 aromatic heterocycles. The zero-order valence-corrected chi connectivity index (χ0v) is 10.4. The van der Waals surface area contributed by atoms with Crippen molar-refractivity contribution >= 4 is 28.9 Å². The highest BCUT2D eigenvalue weighted by atomic mass is 35.5. The number of para-hydroxylation sites is 1. The highest BCUT2D eigenvalue weighted by molar-refractivity contribution is 6.34. The summed E-state index contributed by atoms with van der Waals surface area (Å²) >= 11 is 5.87. The molecule has 0 heterocycles. The summed E-state index contributed by atoms with van der Waals surface area (Å²) in [5.74, 6) is -0.411. The summed E-state index contributed by atoms with van der Waals surface area (Å²) in [6.45, 7) is 0. The number of hydrogen-bond acceptors (Lipinski definition) is 3. The van der Waals surface area contributed by atoms with Crippen LogP contribution in [0.5, 0.6) is 0 Å². The molecular formula is C13H9ClN2O3. The van der Waals surface area contributed by atoms with Crippen LogP contribution in [-0.2, 0) is 0 Å². The minimum Gasteiger partial charge on any atom is -0.322 e. The Bertz CT molecular complexity index is 629. The predicted octanol–water partition coefficient (Wildman–Crippen LogP) is 3.50. The van der Waals surface area contributed by atoms with Crippen LogP contribution in [-0.4, -0.2) is 10.8 Å². The van der Waals surface area contributed by atoms with Crippen molar-refractivity contribution in [2.24, 2.45) is 0 Å². The van der Waals surface area contributed by atoms with Crippen LogP contribution in [0.2, 0.25) is 5.02 Å². The van der Waals surface area contributed by atoms with Gasteiger partial charge in [-0.25, -0.2) is 0 Å². The molecule has 0 aliphatic carbocycles. The van der Waals surface area contributed by atoms with Gasteiger partial charge in [0.15, 0.2) is 0 Å². The van der Waals surface area contributed by atoms with Gasteiger partial charge in [-0.3, -0.25) is 14.9 Å². The van der Waals surface area contributed by atoms with Crippen LogP contribution in [0.1, 0.15) is 10.4 Å². The number of nitrogens with one attached hydrogen (secondary N) is 1. The summed E-state index contributed by atoms with van der Waals surface area (Å²) < 4.78 is 0. The molecule has 0 atom stereocenters. The van der Waals surface area contributed by atoms with Crippen molar-refractivity contribution in [2.75, 3.05) is 5.32 Å². The molecule has 0 radical (unpaired) electrons. The van der Waals surface area contributed by atoms with Crippen molar-refractivity contribution in [2.45, 2.75) is 0 Å². The Hall–Kier alpha value is -2.40. The number of non-ortho nitro benzene ring substituents is 1. The fraction of sp³-hybridized carbons (Fsp3) is 0. The first-order valence-electron chi connectivity index (χ1n) is 5.38. The van der Waals surface area contributed by atoms with E-state index in [2.05, 4.69) is 5.32 Å². The van der Waals surface area contributed by atoms with Crippen LogP contribution in [0, 0.1) is 10.1 Å². The normalized spacial score (nSPS) is 9.95. The molecule has 0 bridgehead atoms. The molecule has 1 amide bonds. The van der Waals surface area contributed by atoms with Crippen LogP contribution in [0.4, 0.5) is 11.4 Å². The quantitative estimate of drug-likeness (QED) is 0.689. The largest absolute Gasteiger partial charge is 0.322 e. The van der Waals surface area contributed by atoms with Gasteiger partial charge in [0.2, 0.25) is 0 Å². The van der Waals surface area contributed by atoms with E-state index in [1.165, 1.54) is 12.1 Å². The van der Waals surface area contributed by atoms with E-state index in [1.807, 2.05) is 6.07 Å². The first kappa shape index (κ1) is 13.0. The molecule has 0 aliphatic heterocycles. The maximum Gasteiger partial charge on any atom is 0.270 e. The molecule has 0 unspecified atom stereocenters. The zero-order chi connectivity index (χ0) is 13.8. The molecule has 96 valence electrons. The number of hydrogen-bond donors (Lipinski definition) is 1. The second kappa shape index (κ2) is 5.49. The summed E-state index contributed by atoms with van der Waals surface area (Å²) in [5.41, 5.74) is 0.666. The molecule has 2 aromatic rings. The number of halogens is 1. The van der Waals surface area contributed by atoms with Crippen LogP contribution in [0.15, 0.2) is 48.5 Å². The van der Waals surface area contributed by atoms with Crippen LogP contribution in [0.25, 0.3) is 0 Å². The number of amides is 1. The van der Waals surface area contributed by atoms with Gasteiger partial charge in [0, 0.05) is 17.8 Å². The maximum absolute atomic E-state index is 12.0. The number of benzene rings is 2. The van der Waals surface area contributed by atoms with Gasteiger partial charge in [-0.2, -0.15) is 0 Å². The van der Waals surface area contributed by atoms with Gasteiger partial charge >= 0.3 is 0 Å². The first-order valence-corrected chi connectivity index (χ1v) is 5.76. The number of anilines is 1. The zero-order valence-electron chi connectivity index (χ0n) is 9.67. The average Bonchev–Trinajstić information content (AvgIpc) is 2.39. The smallest absolute Gasteiger partial charge is 0.270 e. The standard InChI is InChI=1S/C13H9ClN2O3/c14-12-8-10(16(18)19)6-7-11(12)13(17)15-9-4-2-1-3-5-9/h1-8H,(H,15,17). The van der Waals surface area contributed by atoms with Crippen molar-refractivity contribution in [1.29, 1.82) is 0 Å². The SMILES string of the molecule is O=C(Nc1ccccc1)c1ccc([N+](=O)[O-])cc1Cl. The average molecular weight is 277 g/mol. The molecule has 0 aliphatic rings. The number of carbonyl (C=O) groups excluding carboxylic acids is 1. The molecule has 2 rings (SSSR count). The van der Waals surface area contributed by atoms with Crippen LogP contribution in [0.3, 0.4) is 0 Å². The lowest BCUT2D eigenvalue weighted by Crippen LogP contribution is -2.12. The van der Waals surface area contributed by atoms with E-state index in [-0.39, 0.29) is 16.3 Å². The Kier molecular flexibility index (Phi) is 3.77. The van der Waals surface area contributed by atoms with Crippen molar-refractivity contribution in [3.05, 3.63) is 69.2 Å². The Balaban J connectivity index is 2.22. The van der Waals surface area contributed by atoms with Crippen molar-refractivity contribution in [3.63, 3.8) is 0 Å². The molecule has 0 fully saturated rings. The predicted molar refractivity (Wildman–Crippen MR) is 72.5 cm³/mol. The Morgan fingerprint density at radius 1 is 1.16 bits per heavy atom. The number of nitro groups is 1. The number of rotatable bonds is 3. The second-order valence-corrected chi connectivity index (χ2v) is 4.15. The minimum absolute atomic E-state index is 0.0441. The molecule has 1 N–H and O–H groups in total. The van der Waals surface area contributed by atoms with E-state index >= 15 is 0 Å². The van der Waals surface area contributed by atoms with Gasteiger partial charge in [-0.05, 0) is 18.2 Å². The molecule has 19 heavy (non-hydrogen) atoms. The van der Waals surface area contributed by atoms with Gasteiger partial charge in [-0.1, -0.05) is 29.8 Å². The topological polar surface area (TPSA) is 72.2 Å². The highest BCUT2D eigenvalue weighted by Crippen LogP contribution is 2.23. The van der Waals surface area contributed by atoms with Crippen LogP contribution >= 0.6 is 11.6 Å². The van der Waals surface area contributed by atoms with Crippen molar-refractivity contribution in [1.82, 2.24) is 0 Å². The van der Waals surface area contributed by atoms with E-state index in [1.54, 1.807) is 24.3 Å². The molecule has 0 saturated carbocycles. The lowest BCUT2D eigenvalue weighted by molar-refractivity contribution is -0.384. The Morgan fingerprint density at radius 3 is 2.42 bits per heavy atom. The third-order valence-electron chi connectivity index (χ3n) is 2.44. The third-order valence-corrected chi connectivity index (χ3v) is 2.75. The van der Waals surface area contributed by atoms with E-state index in [0.717, 1.165) is 6.07 Å². The molecule has 0 saturated heterocycles. The second-order valence-electron chi connectivity index (χ2n) is 3.74. The van der Waals surface area contributed by atoms with Gasteiger partial charge in [0.1, 0.15) is 0 Å². The first-order chi connectivity index (χ1) is 9.08. The van der Waals surface area contributed by atoms with E-state index in [9.17, 15) is 14.9 Å². The van der Waals surface area contributed by atoms with Crippen LogP contribution < -0.4 is 5.32 Å². The number of nitrogens with zero attached hydrogens (tertiary/aromatic N) is 1. The summed E-state index contributed by atoms with van der Waals surface area (Å²) in [4.78, 5) is 22.0. The van der Waals surface area contributed by atoms with E-state index in [0.29, 0.717) is 5.69 Å². The van der Waals surface area contributed by atoms with Crippen molar-refractivity contribution < 1.29 is 9.72 Å². The van der Waals surface area contributed by atoms with Gasteiger partial charge in [0.05, 0.1) is 15.5 Å². The highest BCUT2D eigenvalue weighted by Gasteiger charge is 2.14. The fourth-order valence-corrected chi connectivity index (χ4v) is 1.78. The van der Waals surface area contributed by atoms with E-state index < -0.39 is 10.8 Å². The maximum atomic E-state index is 12.0. The summed E-state index contributed by atoms with van der Waals surface area (Å²) in [7, 11) is 0. The number of nitro benzene ring substituents is 1. The van der Waals surface area contributed by atoms with E-state index in [4.69, 9.17) is 11.6 Å². The Labute approximate surface area is 114 Å². The van der Waals surface area contributed by atoms with Gasteiger partial charge in [-0.15, -0.1) is 0 Å². The minimum atomic E-state index is -0.565. The fourth-order valence-electron chi connectivity index (χ4n) is 1.52. The summed E-state index contributed by atoms with van der Waals surface area (Å²) in [6, 6.07) is 12.6. The number of carbonyl (C=O) groups is 1. The molecule has 2 aromatic carbocycles.